The van der Waals surface area contributed by atoms with Gasteiger partial charge < -0.3 is 5.32 Å². The topological polar surface area (TPSA) is 29.1 Å². The largest absolute Gasteiger partial charge is 0.344 e. The van der Waals surface area contributed by atoms with Crippen molar-refractivity contribution in [3.05, 3.63) is 29.8 Å². The molecule has 1 aliphatic rings. The first-order chi connectivity index (χ1) is 8.25. The molecular weight excluding hydrogens is 230 g/mol. The smallest absolute Gasteiger partial charge is 0.284 e. The third kappa shape index (κ3) is 3.77. The lowest BCUT2D eigenvalue weighted by molar-refractivity contribution is 0.253. The maximum Gasteiger partial charge on any atom is 0.284 e. The molecule has 0 radical (unpaired) electrons. The summed E-state index contributed by atoms with van der Waals surface area (Å²) in [7, 11) is 0. The summed E-state index contributed by atoms with van der Waals surface area (Å²) in [5.74, 6) is 0. The molecule has 0 unspecified atom stereocenters. The van der Waals surface area contributed by atoms with Crippen molar-refractivity contribution in [3.8, 4) is 0 Å². The van der Waals surface area contributed by atoms with Crippen LogP contribution in [0.4, 0.5) is 4.79 Å². The van der Waals surface area contributed by atoms with Crippen molar-refractivity contribution in [2.45, 2.75) is 50.0 Å². The fourth-order valence-corrected chi connectivity index (χ4v) is 3.01. The van der Waals surface area contributed by atoms with E-state index in [0.717, 1.165) is 23.3 Å². The molecule has 1 aromatic rings. The van der Waals surface area contributed by atoms with Crippen molar-refractivity contribution in [1.82, 2.24) is 5.32 Å². The predicted molar refractivity (Wildman–Crippen MR) is 72.4 cm³/mol. The van der Waals surface area contributed by atoms with E-state index in [1.165, 1.54) is 31.0 Å². The van der Waals surface area contributed by atoms with Gasteiger partial charge in [0.25, 0.3) is 5.24 Å². The Labute approximate surface area is 107 Å². The van der Waals surface area contributed by atoms with Crippen molar-refractivity contribution >= 4 is 17.0 Å². The Kier molecular flexibility index (Phi) is 4.49. The lowest BCUT2D eigenvalue weighted by Crippen LogP contribution is -2.33. The first kappa shape index (κ1) is 12.5. The molecule has 0 aromatic heterocycles. The molecule has 1 N–H and O–H groups in total. The van der Waals surface area contributed by atoms with Crippen LogP contribution in [0, 0.1) is 6.92 Å². The second-order valence-corrected chi connectivity index (χ2v) is 5.65. The van der Waals surface area contributed by atoms with Gasteiger partial charge in [-0.15, -0.1) is 0 Å². The van der Waals surface area contributed by atoms with E-state index >= 15 is 0 Å². The summed E-state index contributed by atoms with van der Waals surface area (Å²) in [6.07, 6.45) is 6.09. The number of amides is 1. The van der Waals surface area contributed by atoms with E-state index < -0.39 is 0 Å². The van der Waals surface area contributed by atoms with Crippen molar-refractivity contribution < 1.29 is 4.79 Å². The van der Waals surface area contributed by atoms with Crippen LogP contribution >= 0.6 is 11.8 Å². The van der Waals surface area contributed by atoms with Crippen LogP contribution in [0.5, 0.6) is 0 Å². The van der Waals surface area contributed by atoms with Crippen LogP contribution < -0.4 is 5.32 Å². The number of aryl methyl sites for hydroxylation is 1. The normalized spacial score (nSPS) is 16.8. The zero-order valence-corrected chi connectivity index (χ0v) is 11.1. The number of nitrogens with one attached hydrogen (secondary N) is 1. The van der Waals surface area contributed by atoms with E-state index in [2.05, 4.69) is 5.32 Å². The number of benzene rings is 1. The van der Waals surface area contributed by atoms with Crippen LogP contribution in [-0.4, -0.2) is 11.3 Å². The lowest BCUT2D eigenvalue weighted by atomic mass is 9.96. The predicted octanol–water partition coefficient (Wildman–Crippen LogP) is 4.13. The van der Waals surface area contributed by atoms with Crippen LogP contribution in [0.3, 0.4) is 0 Å². The van der Waals surface area contributed by atoms with Gasteiger partial charge in [-0.2, -0.15) is 0 Å². The van der Waals surface area contributed by atoms with Crippen LogP contribution in [0.2, 0.25) is 0 Å². The molecule has 0 bridgehead atoms. The average molecular weight is 249 g/mol. The summed E-state index contributed by atoms with van der Waals surface area (Å²) in [5, 5.41) is 3.21. The van der Waals surface area contributed by atoms with Gasteiger partial charge in [-0.25, -0.2) is 0 Å². The molecule has 92 valence electrons. The molecule has 3 heteroatoms. The second-order valence-electron chi connectivity index (χ2n) is 4.63. The molecule has 0 aliphatic heterocycles. The summed E-state index contributed by atoms with van der Waals surface area (Å²) in [6.45, 7) is 2.04. The zero-order valence-electron chi connectivity index (χ0n) is 10.2. The molecule has 1 aromatic carbocycles. The highest BCUT2D eigenvalue weighted by atomic mass is 32.2. The van der Waals surface area contributed by atoms with Crippen LogP contribution in [0.1, 0.15) is 37.7 Å². The van der Waals surface area contributed by atoms with Crippen molar-refractivity contribution in [2.75, 3.05) is 0 Å². The van der Waals surface area contributed by atoms with Crippen molar-refractivity contribution in [3.63, 3.8) is 0 Å². The first-order valence-electron chi connectivity index (χ1n) is 6.29. The summed E-state index contributed by atoms with van der Waals surface area (Å²) in [6, 6.07) is 8.41. The average Bonchev–Trinajstić information content (AvgIpc) is 2.33. The Balaban J connectivity index is 1.86. The van der Waals surface area contributed by atoms with Gasteiger partial charge >= 0.3 is 0 Å². The number of rotatable bonds is 2. The Morgan fingerprint density at radius 2 is 1.94 bits per heavy atom. The fraction of sp³-hybridized carbons (Fsp3) is 0.500. The molecule has 17 heavy (non-hydrogen) atoms. The fourth-order valence-electron chi connectivity index (χ4n) is 2.21. The highest BCUT2D eigenvalue weighted by Gasteiger charge is 2.16. The first-order valence-corrected chi connectivity index (χ1v) is 7.11. The third-order valence-electron chi connectivity index (χ3n) is 3.22. The van der Waals surface area contributed by atoms with Gasteiger partial charge in [0.2, 0.25) is 0 Å². The van der Waals surface area contributed by atoms with E-state index in [9.17, 15) is 4.79 Å². The standard InChI is InChI=1S/C14H19NOS/c1-11-7-5-6-10-13(11)17-14(16)15-12-8-3-2-4-9-12/h5-7,10,12H,2-4,8-9H2,1H3,(H,15,16). The van der Waals surface area contributed by atoms with E-state index in [1.54, 1.807) is 0 Å². The maximum atomic E-state index is 11.9. The third-order valence-corrected chi connectivity index (χ3v) is 4.20. The highest BCUT2D eigenvalue weighted by Crippen LogP contribution is 2.24. The number of hydrogen-bond acceptors (Lipinski definition) is 2. The highest BCUT2D eigenvalue weighted by molar-refractivity contribution is 8.13. The number of thioether (sulfide) groups is 1. The SMILES string of the molecule is Cc1ccccc1SC(=O)NC1CCCCC1. The number of carbonyl (C=O) groups is 1. The van der Waals surface area contributed by atoms with Crippen molar-refractivity contribution in [2.24, 2.45) is 0 Å². The summed E-state index contributed by atoms with van der Waals surface area (Å²) >= 11 is 1.31. The minimum absolute atomic E-state index is 0.0891. The molecule has 1 amide bonds. The minimum atomic E-state index is 0.0891. The summed E-state index contributed by atoms with van der Waals surface area (Å²) in [4.78, 5) is 12.9. The van der Waals surface area contributed by atoms with E-state index in [1.807, 2.05) is 31.2 Å². The molecule has 0 saturated heterocycles. The second kappa shape index (κ2) is 6.10. The molecule has 0 atom stereocenters. The summed E-state index contributed by atoms with van der Waals surface area (Å²) in [5.41, 5.74) is 1.16. The molecule has 1 aliphatic carbocycles. The number of carbonyl (C=O) groups excluding carboxylic acids is 1. The molecule has 0 spiro atoms. The Hall–Kier alpha value is -0.960. The maximum absolute atomic E-state index is 11.9. The monoisotopic (exact) mass is 249 g/mol. The Morgan fingerprint density at radius 1 is 1.24 bits per heavy atom. The summed E-state index contributed by atoms with van der Waals surface area (Å²) < 4.78 is 0. The van der Waals surface area contributed by atoms with Crippen molar-refractivity contribution in [1.29, 1.82) is 0 Å². The van der Waals surface area contributed by atoms with E-state index in [4.69, 9.17) is 0 Å². The Bertz CT molecular complexity index is 386. The lowest BCUT2D eigenvalue weighted by Gasteiger charge is -2.22. The van der Waals surface area contributed by atoms with Gasteiger partial charge in [-0.05, 0) is 43.2 Å². The molecule has 2 rings (SSSR count). The van der Waals surface area contributed by atoms with Crippen LogP contribution in [0.15, 0.2) is 29.2 Å². The quantitative estimate of drug-likeness (QED) is 0.798. The van der Waals surface area contributed by atoms with Gasteiger partial charge in [0, 0.05) is 10.9 Å². The van der Waals surface area contributed by atoms with E-state index in [0.29, 0.717) is 6.04 Å². The minimum Gasteiger partial charge on any atom is -0.344 e. The van der Waals surface area contributed by atoms with Gasteiger partial charge in [0.1, 0.15) is 0 Å². The van der Waals surface area contributed by atoms with Crippen LogP contribution in [-0.2, 0) is 0 Å². The Morgan fingerprint density at radius 3 is 2.65 bits per heavy atom. The van der Waals surface area contributed by atoms with Gasteiger partial charge in [0.15, 0.2) is 0 Å². The van der Waals surface area contributed by atoms with Gasteiger partial charge in [0.05, 0.1) is 0 Å². The molecule has 1 saturated carbocycles. The molecule has 0 heterocycles. The zero-order chi connectivity index (χ0) is 12.1. The van der Waals surface area contributed by atoms with E-state index in [-0.39, 0.29) is 5.24 Å². The van der Waals surface area contributed by atoms with Crippen LogP contribution in [0.25, 0.3) is 0 Å². The molecule has 2 nitrogen and oxygen atoms in total. The number of hydrogen-bond donors (Lipinski definition) is 1. The van der Waals surface area contributed by atoms with Gasteiger partial charge in [-0.1, -0.05) is 37.5 Å². The van der Waals surface area contributed by atoms with Gasteiger partial charge in [-0.3, -0.25) is 4.79 Å². The molecule has 1 fully saturated rings. The molecular formula is C14H19NOS.